The lowest BCUT2D eigenvalue weighted by Crippen LogP contribution is -2.06. The van der Waals surface area contributed by atoms with E-state index in [0.29, 0.717) is 10.2 Å². The molecule has 0 aliphatic heterocycles. The van der Waals surface area contributed by atoms with Crippen LogP contribution in [-0.4, -0.2) is 25.3 Å². The Morgan fingerprint density at radius 2 is 1.81 bits per heavy atom. The summed E-state index contributed by atoms with van der Waals surface area (Å²) in [5, 5.41) is 21.0. The number of thioether (sulfide) groups is 1. The van der Waals surface area contributed by atoms with Crippen molar-refractivity contribution in [2.75, 3.05) is 0 Å². The summed E-state index contributed by atoms with van der Waals surface area (Å²) < 4.78 is 0.983. The Kier molecular flexibility index (Phi) is 5.25. The average molecular weight is 383 g/mol. The summed E-state index contributed by atoms with van der Waals surface area (Å²) in [6, 6.07) is 9.78. The smallest absolute Gasteiger partial charge is 0.188 e. The van der Waals surface area contributed by atoms with Crippen LogP contribution in [0.25, 0.3) is 15.8 Å². The van der Waals surface area contributed by atoms with E-state index in [0.717, 1.165) is 27.2 Å². The van der Waals surface area contributed by atoms with Gasteiger partial charge in [-0.05, 0) is 45.4 Å². The van der Waals surface area contributed by atoms with E-state index >= 15 is 0 Å². The highest BCUT2D eigenvalue weighted by molar-refractivity contribution is 7.99. The highest BCUT2D eigenvalue weighted by atomic mass is 32.2. The molecule has 132 valence electrons. The van der Waals surface area contributed by atoms with Crippen LogP contribution >= 0.6 is 23.1 Å². The second-order valence-corrected chi connectivity index (χ2v) is 8.26. The molecule has 1 N–H and O–H groups in total. The molecule has 3 aromatic rings. The Hall–Kier alpha value is -2.43. The first kappa shape index (κ1) is 18.4. The van der Waals surface area contributed by atoms with Gasteiger partial charge in [-0.15, -0.1) is 11.3 Å². The van der Waals surface area contributed by atoms with Crippen molar-refractivity contribution in [1.29, 1.82) is 5.26 Å². The molecule has 2 heterocycles. The van der Waals surface area contributed by atoms with Gasteiger partial charge in [0, 0.05) is 11.4 Å². The topological polar surface area (TPSA) is 82.7 Å². The average Bonchev–Trinajstić information content (AvgIpc) is 3.03. The van der Waals surface area contributed by atoms with Gasteiger partial charge in [0.25, 0.3) is 0 Å². The van der Waals surface area contributed by atoms with Crippen molar-refractivity contribution in [1.82, 2.24) is 15.0 Å². The molecule has 0 aliphatic carbocycles. The second-order valence-electron chi connectivity index (χ2n) is 5.92. The van der Waals surface area contributed by atoms with Crippen molar-refractivity contribution in [2.45, 2.75) is 38.1 Å². The number of benzene rings is 1. The normalized spacial score (nSPS) is 13.3. The summed E-state index contributed by atoms with van der Waals surface area (Å²) in [6.07, 6.45) is 0. The Labute approximate surface area is 160 Å². The molecule has 0 aliphatic rings. The van der Waals surface area contributed by atoms with Crippen LogP contribution in [0.15, 0.2) is 35.2 Å². The fraction of sp³-hybridized carbons (Fsp3) is 0.263. The third kappa shape index (κ3) is 3.57. The highest BCUT2D eigenvalue weighted by Crippen LogP contribution is 2.32. The number of allylic oxidation sites excluding steroid dienone is 1. The van der Waals surface area contributed by atoms with Crippen LogP contribution in [0.3, 0.4) is 0 Å². The number of thiazole rings is 1. The van der Waals surface area contributed by atoms with Crippen LogP contribution in [-0.2, 0) is 0 Å². The van der Waals surface area contributed by atoms with Gasteiger partial charge in [-0.25, -0.2) is 15.0 Å². The van der Waals surface area contributed by atoms with Crippen molar-refractivity contribution in [2.24, 2.45) is 0 Å². The molecular formula is C19H18N4OS2. The van der Waals surface area contributed by atoms with Gasteiger partial charge in [-0.2, -0.15) is 5.26 Å². The van der Waals surface area contributed by atoms with Gasteiger partial charge in [0.05, 0.1) is 15.5 Å². The number of para-hydroxylation sites is 1. The molecule has 2 aromatic heterocycles. The predicted molar refractivity (Wildman–Crippen MR) is 106 cm³/mol. The highest BCUT2D eigenvalue weighted by Gasteiger charge is 2.20. The minimum atomic E-state index is -0.363. The van der Waals surface area contributed by atoms with Crippen molar-refractivity contribution < 1.29 is 5.11 Å². The number of nitrogens with zero attached hydrogens (tertiary/aromatic N) is 4. The molecule has 0 saturated heterocycles. The van der Waals surface area contributed by atoms with Crippen molar-refractivity contribution in [3.05, 3.63) is 52.0 Å². The van der Waals surface area contributed by atoms with E-state index in [4.69, 9.17) is 0 Å². The molecule has 1 aromatic carbocycles. The van der Waals surface area contributed by atoms with E-state index in [9.17, 15) is 10.4 Å². The maximum Gasteiger partial charge on any atom is 0.188 e. The van der Waals surface area contributed by atoms with Crippen molar-refractivity contribution in [3.63, 3.8) is 0 Å². The van der Waals surface area contributed by atoms with E-state index in [1.807, 2.05) is 52.0 Å². The number of rotatable bonds is 4. The van der Waals surface area contributed by atoms with Gasteiger partial charge < -0.3 is 5.11 Å². The van der Waals surface area contributed by atoms with E-state index in [1.165, 1.54) is 23.1 Å². The fourth-order valence-corrected chi connectivity index (χ4v) is 4.30. The Balaban J connectivity index is 1.93. The summed E-state index contributed by atoms with van der Waals surface area (Å²) in [5.41, 5.74) is 3.92. The largest absolute Gasteiger partial charge is 0.510 e. The number of hydrogen-bond acceptors (Lipinski definition) is 7. The number of aryl methyl sites for hydroxylation is 2. The van der Waals surface area contributed by atoms with Crippen molar-refractivity contribution >= 4 is 38.9 Å². The molecule has 0 radical (unpaired) electrons. The summed E-state index contributed by atoms with van der Waals surface area (Å²) >= 11 is 2.73. The van der Waals surface area contributed by atoms with Crippen LogP contribution in [0.2, 0.25) is 0 Å². The van der Waals surface area contributed by atoms with Crippen LogP contribution in [0.4, 0.5) is 0 Å². The van der Waals surface area contributed by atoms with Gasteiger partial charge in [-0.1, -0.05) is 23.9 Å². The summed E-state index contributed by atoms with van der Waals surface area (Å²) in [7, 11) is 0. The number of aliphatic hydroxyl groups is 1. The predicted octanol–water partition coefficient (Wildman–Crippen LogP) is 4.99. The lowest BCUT2D eigenvalue weighted by molar-refractivity contribution is 0.402. The lowest BCUT2D eigenvalue weighted by atomic mass is 10.2. The van der Waals surface area contributed by atoms with E-state index in [2.05, 4.69) is 21.0 Å². The van der Waals surface area contributed by atoms with Crippen LogP contribution < -0.4 is 0 Å². The summed E-state index contributed by atoms with van der Waals surface area (Å²) in [5.74, 6) is -0.00367. The van der Waals surface area contributed by atoms with Crippen LogP contribution in [0.5, 0.6) is 0 Å². The number of aliphatic hydroxyl groups excluding tert-OH is 1. The monoisotopic (exact) mass is 382 g/mol. The lowest BCUT2D eigenvalue weighted by Gasteiger charge is -2.12. The fourth-order valence-electron chi connectivity index (χ4n) is 2.41. The molecule has 0 amide bonds. The number of fused-ring (bicyclic) bond motifs is 1. The van der Waals surface area contributed by atoms with Crippen LogP contribution in [0.1, 0.15) is 28.9 Å². The summed E-state index contributed by atoms with van der Waals surface area (Å²) in [4.78, 5) is 13.4. The summed E-state index contributed by atoms with van der Waals surface area (Å²) in [6.45, 7) is 7.70. The minimum Gasteiger partial charge on any atom is -0.510 e. The SMILES string of the molecule is Cc1nc(SC(C)/C(O)=C(\C#N)c2nc3ccccc3s2)nc(C)c1C. The number of nitriles is 1. The molecule has 0 saturated carbocycles. The van der Waals surface area contributed by atoms with Gasteiger partial charge in [0.15, 0.2) is 5.16 Å². The van der Waals surface area contributed by atoms with E-state index < -0.39 is 0 Å². The molecule has 7 heteroatoms. The maximum absolute atomic E-state index is 10.7. The van der Waals surface area contributed by atoms with Gasteiger partial charge in [0.2, 0.25) is 0 Å². The molecule has 1 unspecified atom stereocenters. The van der Waals surface area contributed by atoms with Crippen molar-refractivity contribution in [3.8, 4) is 6.07 Å². The first-order chi connectivity index (χ1) is 12.4. The quantitative estimate of drug-likeness (QED) is 0.296. The maximum atomic E-state index is 10.7. The number of aromatic nitrogens is 3. The molecule has 0 spiro atoms. The molecule has 1 atom stereocenters. The Bertz CT molecular complexity index is 993. The minimum absolute atomic E-state index is 0.00367. The Morgan fingerprint density at radius 1 is 1.15 bits per heavy atom. The zero-order chi connectivity index (χ0) is 18.8. The Morgan fingerprint density at radius 3 is 2.42 bits per heavy atom. The van der Waals surface area contributed by atoms with Gasteiger partial charge in [0.1, 0.15) is 22.4 Å². The van der Waals surface area contributed by atoms with E-state index in [1.54, 1.807) is 0 Å². The van der Waals surface area contributed by atoms with E-state index in [-0.39, 0.29) is 16.6 Å². The van der Waals surface area contributed by atoms with Crippen LogP contribution in [0, 0.1) is 32.1 Å². The third-order valence-corrected chi connectivity index (χ3v) is 6.18. The molecule has 26 heavy (non-hydrogen) atoms. The molecule has 3 rings (SSSR count). The molecular weight excluding hydrogens is 364 g/mol. The first-order valence-corrected chi connectivity index (χ1v) is 9.78. The third-order valence-electron chi connectivity index (χ3n) is 4.16. The molecule has 0 bridgehead atoms. The van der Waals surface area contributed by atoms with Gasteiger partial charge >= 0.3 is 0 Å². The molecule has 5 nitrogen and oxygen atoms in total. The zero-order valence-electron chi connectivity index (χ0n) is 14.9. The second kappa shape index (κ2) is 7.44. The van der Waals surface area contributed by atoms with Gasteiger partial charge in [-0.3, -0.25) is 0 Å². The standard InChI is InChI=1S/C19H18N4OS2/c1-10-11(2)21-19(22-12(10)3)25-13(4)17(24)14(9-20)18-23-15-7-5-6-8-16(15)26-18/h5-8,13,24H,1-4H3/b17-14-. The number of hydrogen-bond donors (Lipinski definition) is 1. The first-order valence-electron chi connectivity index (χ1n) is 8.08. The zero-order valence-corrected chi connectivity index (χ0v) is 16.6. The molecule has 0 fully saturated rings.